The summed E-state index contributed by atoms with van der Waals surface area (Å²) >= 11 is 0. The molecule has 1 saturated heterocycles. The second kappa shape index (κ2) is 6.49. The van der Waals surface area contributed by atoms with Crippen LogP contribution in [-0.4, -0.2) is 29.9 Å². The van der Waals surface area contributed by atoms with E-state index in [-0.39, 0.29) is 17.2 Å². The summed E-state index contributed by atoms with van der Waals surface area (Å²) < 4.78 is 5.74. The van der Waals surface area contributed by atoms with Crippen molar-refractivity contribution in [3.05, 3.63) is 65.2 Å². The van der Waals surface area contributed by atoms with Crippen molar-refractivity contribution in [3.63, 3.8) is 0 Å². The lowest BCUT2D eigenvalue weighted by molar-refractivity contribution is -0.139. The number of urea groups is 1. The molecule has 4 rings (SSSR count). The molecule has 0 radical (unpaired) electrons. The zero-order valence-electron chi connectivity index (χ0n) is 14.9. The molecule has 2 aliphatic rings. The first-order valence-electron chi connectivity index (χ1n) is 8.75. The van der Waals surface area contributed by atoms with Crippen molar-refractivity contribution in [2.45, 2.75) is 25.0 Å². The van der Waals surface area contributed by atoms with E-state index in [1.165, 1.54) is 12.1 Å². The van der Waals surface area contributed by atoms with E-state index in [9.17, 15) is 19.2 Å². The fraction of sp³-hybridized carbons (Fsp3) is 0.200. The summed E-state index contributed by atoms with van der Waals surface area (Å²) in [6, 6.07) is 12.2. The molecule has 0 saturated carbocycles. The molecule has 1 unspecified atom stereocenters. The molecule has 2 heterocycles. The Balaban J connectivity index is 1.77. The molecular formula is C20H17N3O5. The normalized spacial score (nSPS) is 19.9. The van der Waals surface area contributed by atoms with Gasteiger partial charge in [0.25, 0.3) is 17.7 Å². The van der Waals surface area contributed by atoms with Crippen LogP contribution in [0.3, 0.4) is 0 Å². The third-order valence-corrected chi connectivity index (χ3v) is 4.81. The number of ether oxygens (including phenoxy) is 1. The van der Waals surface area contributed by atoms with Crippen LogP contribution in [0.2, 0.25) is 0 Å². The first kappa shape index (κ1) is 17.7. The quantitative estimate of drug-likeness (QED) is 0.689. The monoisotopic (exact) mass is 379 g/mol. The molecule has 2 aromatic rings. The zero-order chi connectivity index (χ0) is 19.9. The first-order chi connectivity index (χ1) is 13.4. The van der Waals surface area contributed by atoms with Crippen molar-refractivity contribution >= 4 is 23.8 Å². The maximum absolute atomic E-state index is 13.1. The number of barbiturate groups is 1. The number of imide groups is 2. The van der Waals surface area contributed by atoms with Crippen molar-refractivity contribution in [3.8, 4) is 5.75 Å². The van der Waals surface area contributed by atoms with Gasteiger partial charge in [-0.05, 0) is 24.1 Å². The van der Waals surface area contributed by atoms with E-state index in [1.807, 2.05) is 13.0 Å². The molecule has 5 amide bonds. The van der Waals surface area contributed by atoms with Gasteiger partial charge in [-0.25, -0.2) is 4.79 Å². The number of amides is 5. The van der Waals surface area contributed by atoms with Crippen molar-refractivity contribution in [2.24, 2.45) is 0 Å². The molecule has 1 atom stereocenters. The molecule has 8 heteroatoms. The number of carbonyl (C=O) groups is 4. The topological polar surface area (TPSA) is 114 Å². The molecule has 0 bridgehead atoms. The molecule has 2 aromatic carbocycles. The number of rotatable bonds is 3. The van der Waals surface area contributed by atoms with Gasteiger partial charge in [0, 0.05) is 6.42 Å². The van der Waals surface area contributed by atoms with E-state index < -0.39 is 29.3 Å². The van der Waals surface area contributed by atoms with Gasteiger partial charge in [0.2, 0.25) is 5.54 Å². The Kier molecular flexibility index (Phi) is 4.11. The number of benzene rings is 2. The standard InChI is InChI=1S/C20H17N3O5/c1-11-10-12-6-5-9-14(15(12)28-11)16(24)23-20(13-7-3-2-4-8-13)17(25)21-19(27)22-18(20)26/h2-9,11H,10H2,1H3,(H,23,24)(H2,21,22,25,26,27). The molecule has 2 aliphatic heterocycles. The fourth-order valence-electron chi connectivity index (χ4n) is 3.52. The van der Waals surface area contributed by atoms with Crippen molar-refractivity contribution in [2.75, 3.05) is 0 Å². The Morgan fingerprint density at radius 3 is 2.39 bits per heavy atom. The molecular weight excluding hydrogens is 362 g/mol. The van der Waals surface area contributed by atoms with Gasteiger partial charge >= 0.3 is 6.03 Å². The number of hydrogen-bond acceptors (Lipinski definition) is 5. The van der Waals surface area contributed by atoms with Crippen LogP contribution >= 0.6 is 0 Å². The lowest BCUT2D eigenvalue weighted by Crippen LogP contribution is -2.71. The molecule has 3 N–H and O–H groups in total. The number of hydrogen-bond donors (Lipinski definition) is 3. The molecule has 0 spiro atoms. The van der Waals surface area contributed by atoms with E-state index >= 15 is 0 Å². The van der Waals surface area contributed by atoms with Crippen molar-refractivity contribution in [1.29, 1.82) is 0 Å². The van der Waals surface area contributed by atoms with E-state index in [1.54, 1.807) is 30.3 Å². The second-order valence-electron chi connectivity index (χ2n) is 6.73. The van der Waals surface area contributed by atoms with Crippen LogP contribution in [0, 0.1) is 0 Å². The summed E-state index contributed by atoms with van der Waals surface area (Å²) in [6.45, 7) is 1.89. The highest BCUT2D eigenvalue weighted by molar-refractivity contribution is 6.24. The summed E-state index contributed by atoms with van der Waals surface area (Å²) in [4.78, 5) is 50.1. The summed E-state index contributed by atoms with van der Waals surface area (Å²) in [7, 11) is 0. The number of nitrogens with one attached hydrogen (secondary N) is 3. The first-order valence-corrected chi connectivity index (χ1v) is 8.75. The smallest absolute Gasteiger partial charge is 0.328 e. The lowest BCUT2D eigenvalue weighted by Gasteiger charge is -2.35. The predicted octanol–water partition coefficient (Wildman–Crippen LogP) is 1.00. The molecule has 1 fully saturated rings. The lowest BCUT2D eigenvalue weighted by atomic mass is 9.86. The minimum Gasteiger partial charge on any atom is -0.489 e. The Bertz CT molecular complexity index is 982. The highest BCUT2D eigenvalue weighted by Gasteiger charge is 2.53. The largest absolute Gasteiger partial charge is 0.489 e. The highest BCUT2D eigenvalue weighted by atomic mass is 16.5. The second-order valence-corrected chi connectivity index (χ2v) is 6.73. The Morgan fingerprint density at radius 2 is 1.71 bits per heavy atom. The third kappa shape index (κ3) is 2.70. The van der Waals surface area contributed by atoms with E-state index in [4.69, 9.17) is 4.74 Å². The predicted molar refractivity (Wildman–Crippen MR) is 97.5 cm³/mol. The summed E-state index contributed by atoms with van der Waals surface area (Å²) in [5.74, 6) is -2.08. The van der Waals surface area contributed by atoms with E-state index in [2.05, 4.69) is 16.0 Å². The van der Waals surface area contributed by atoms with Crippen LogP contribution in [0.1, 0.15) is 28.4 Å². The maximum atomic E-state index is 13.1. The Morgan fingerprint density at radius 1 is 1.04 bits per heavy atom. The number of para-hydroxylation sites is 1. The SMILES string of the molecule is CC1Cc2cccc(C(=O)NC3(c4ccccc4)C(=O)NC(=O)NC3=O)c2O1. The number of fused-ring (bicyclic) bond motifs is 1. The van der Waals surface area contributed by atoms with Gasteiger partial charge in [-0.3, -0.25) is 25.0 Å². The molecule has 0 aromatic heterocycles. The van der Waals surface area contributed by atoms with Crippen LogP contribution in [0.15, 0.2) is 48.5 Å². The summed E-state index contributed by atoms with van der Waals surface area (Å²) in [6.07, 6.45) is 0.585. The van der Waals surface area contributed by atoms with Gasteiger partial charge in [0.05, 0.1) is 5.56 Å². The van der Waals surface area contributed by atoms with Gasteiger partial charge in [-0.15, -0.1) is 0 Å². The van der Waals surface area contributed by atoms with Crippen LogP contribution < -0.4 is 20.7 Å². The van der Waals surface area contributed by atoms with E-state index in [0.717, 1.165) is 5.56 Å². The van der Waals surface area contributed by atoms with Gasteiger partial charge in [-0.2, -0.15) is 0 Å². The van der Waals surface area contributed by atoms with Crippen LogP contribution in [0.4, 0.5) is 4.79 Å². The van der Waals surface area contributed by atoms with Gasteiger partial charge < -0.3 is 10.1 Å². The minimum absolute atomic E-state index is 0.0778. The highest BCUT2D eigenvalue weighted by Crippen LogP contribution is 2.33. The molecule has 8 nitrogen and oxygen atoms in total. The summed E-state index contributed by atoms with van der Waals surface area (Å²) in [5, 5.41) is 6.65. The van der Waals surface area contributed by atoms with E-state index in [0.29, 0.717) is 12.2 Å². The molecule has 142 valence electrons. The number of carbonyl (C=O) groups excluding carboxylic acids is 4. The van der Waals surface area contributed by atoms with Crippen LogP contribution in [0.5, 0.6) is 5.75 Å². The molecule has 28 heavy (non-hydrogen) atoms. The van der Waals surface area contributed by atoms with Gasteiger partial charge in [-0.1, -0.05) is 42.5 Å². The minimum atomic E-state index is -2.08. The fourth-order valence-corrected chi connectivity index (χ4v) is 3.52. The maximum Gasteiger partial charge on any atom is 0.328 e. The Hall–Kier alpha value is -3.68. The van der Waals surface area contributed by atoms with Crippen molar-refractivity contribution < 1.29 is 23.9 Å². The van der Waals surface area contributed by atoms with Gasteiger partial charge in [0.1, 0.15) is 11.9 Å². The third-order valence-electron chi connectivity index (χ3n) is 4.81. The summed E-state index contributed by atoms with van der Waals surface area (Å²) in [5.41, 5.74) is -0.761. The average molecular weight is 379 g/mol. The molecule has 0 aliphatic carbocycles. The zero-order valence-corrected chi connectivity index (χ0v) is 14.9. The van der Waals surface area contributed by atoms with Crippen LogP contribution in [0.25, 0.3) is 0 Å². The van der Waals surface area contributed by atoms with Crippen LogP contribution in [-0.2, 0) is 21.5 Å². The Labute approximate surface area is 160 Å². The average Bonchev–Trinajstić information content (AvgIpc) is 3.05. The van der Waals surface area contributed by atoms with Gasteiger partial charge in [0.15, 0.2) is 0 Å². The van der Waals surface area contributed by atoms with Crippen molar-refractivity contribution in [1.82, 2.24) is 16.0 Å².